The zero-order chi connectivity index (χ0) is 16.7. The summed E-state index contributed by atoms with van der Waals surface area (Å²) in [5.74, 6) is 1.04. The molecule has 1 aromatic heterocycles. The molecule has 0 aromatic carbocycles. The lowest BCUT2D eigenvalue weighted by molar-refractivity contribution is 0.279. The first-order valence-corrected chi connectivity index (χ1v) is 9.68. The maximum absolute atomic E-state index is 4.69. The molecule has 1 aromatic rings. The van der Waals surface area contributed by atoms with Crippen molar-refractivity contribution < 1.29 is 0 Å². The van der Waals surface area contributed by atoms with E-state index in [9.17, 15) is 0 Å². The number of thiophene rings is 1. The van der Waals surface area contributed by atoms with Crippen LogP contribution in [0.5, 0.6) is 0 Å². The Morgan fingerprint density at radius 1 is 1.26 bits per heavy atom. The van der Waals surface area contributed by atoms with Crippen LogP contribution >= 0.6 is 11.3 Å². The third-order valence-corrected chi connectivity index (χ3v) is 5.55. The molecule has 2 rings (SSSR count). The van der Waals surface area contributed by atoms with Crippen molar-refractivity contribution in [2.24, 2.45) is 4.99 Å². The van der Waals surface area contributed by atoms with Crippen molar-refractivity contribution in [2.45, 2.75) is 52.5 Å². The fourth-order valence-corrected chi connectivity index (χ4v) is 3.93. The van der Waals surface area contributed by atoms with Crippen molar-refractivity contribution >= 4 is 22.9 Å². The maximum atomic E-state index is 4.69. The van der Waals surface area contributed by atoms with Gasteiger partial charge in [0.1, 0.15) is 5.84 Å². The fourth-order valence-electron chi connectivity index (χ4n) is 2.97. The van der Waals surface area contributed by atoms with Gasteiger partial charge in [-0.2, -0.15) is 0 Å². The molecule has 1 aliphatic rings. The van der Waals surface area contributed by atoms with Gasteiger partial charge in [0, 0.05) is 25.0 Å². The number of nitrogens with zero attached hydrogens (tertiary/aromatic N) is 3. The first kappa shape index (κ1) is 18.2. The van der Waals surface area contributed by atoms with Gasteiger partial charge >= 0.3 is 0 Å². The van der Waals surface area contributed by atoms with Crippen LogP contribution in [-0.4, -0.2) is 42.3 Å². The van der Waals surface area contributed by atoms with E-state index in [-0.39, 0.29) is 0 Å². The van der Waals surface area contributed by atoms with Crippen LogP contribution < -0.4 is 0 Å². The molecule has 0 radical (unpaired) electrons. The van der Waals surface area contributed by atoms with Gasteiger partial charge in [0.05, 0.1) is 10.6 Å². The van der Waals surface area contributed by atoms with Crippen LogP contribution in [0, 0.1) is 0 Å². The normalized spacial score (nSPS) is 17.1. The van der Waals surface area contributed by atoms with Crippen molar-refractivity contribution in [1.29, 1.82) is 0 Å². The number of likely N-dealkylation sites (tertiary alicyclic amines) is 1. The van der Waals surface area contributed by atoms with Crippen molar-refractivity contribution in [3.8, 4) is 0 Å². The van der Waals surface area contributed by atoms with Crippen LogP contribution in [0.25, 0.3) is 5.70 Å². The van der Waals surface area contributed by atoms with Gasteiger partial charge in [-0.3, -0.25) is 4.90 Å². The summed E-state index contributed by atoms with van der Waals surface area (Å²) in [5, 5.41) is 0. The van der Waals surface area contributed by atoms with E-state index in [2.05, 4.69) is 54.4 Å². The van der Waals surface area contributed by atoms with E-state index >= 15 is 0 Å². The molecular formula is C19H31N3S. The highest BCUT2D eigenvalue weighted by Crippen LogP contribution is 2.26. The largest absolute Gasteiger partial charge is 0.363 e. The van der Waals surface area contributed by atoms with Gasteiger partial charge in [0.15, 0.2) is 0 Å². The molecule has 0 N–H and O–H groups in total. The third kappa shape index (κ3) is 5.78. The Kier molecular flexibility index (Phi) is 7.31. The van der Waals surface area contributed by atoms with Crippen LogP contribution in [0.4, 0.5) is 0 Å². The van der Waals surface area contributed by atoms with Crippen molar-refractivity contribution in [2.75, 3.05) is 26.7 Å². The molecule has 1 saturated heterocycles. The Morgan fingerprint density at radius 3 is 2.61 bits per heavy atom. The minimum Gasteiger partial charge on any atom is -0.363 e. The lowest BCUT2D eigenvalue weighted by Gasteiger charge is -2.18. The summed E-state index contributed by atoms with van der Waals surface area (Å²) < 4.78 is 0. The van der Waals surface area contributed by atoms with Gasteiger partial charge in [0.25, 0.3) is 0 Å². The summed E-state index contributed by atoms with van der Waals surface area (Å²) in [6.07, 6.45) is 6.61. The maximum Gasteiger partial charge on any atom is 0.101 e. The van der Waals surface area contributed by atoms with Gasteiger partial charge < -0.3 is 4.90 Å². The average molecular weight is 334 g/mol. The van der Waals surface area contributed by atoms with Crippen molar-refractivity contribution in [3.05, 3.63) is 28.5 Å². The Hall–Kier alpha value is -1.13. The molecule has 1 aliphatic heterocycles. The van der Waals surface area contributed by atoms with E-state index in [1.165, 1.54) is 48.5 Å². The summed E-state index contributed by atoms with van der Waals surface area (Å²) >= 11 is 1.84. The van der Waals surface area contributed by atoms with Crippen LogP contribution in [0.2, 0.25) is 0 Å². The second-order valence-electron chi connectivity index (χ2n) is 6.48. The molecule has 0 spiro atoms. The summed E-state index contributed by atoms with van der Waals surface area (Å²) in [4.78, 5) is 12.1. The van der Waals surface area contributed by atoms with E-state index in [0.29, 0.717) is 0 Å². The minimum atomic E-state index is 0.887. The summed E-state index contributed by atoms with van der Waals surface area (Å²) in [6.45, 7) is 13.0. The molecule has 0 aliphatic carbocycles. The highest BCUT2D eigenvalue weighted by Gasteiger charge is 2.11. The predicted molar refractivity (Wildman–Crippen MR) is 103 cm³/mol. The highest BCUT2D eigenvalue weighted by atomic mass is 32.1. The smallest absolute Gasteiger partial charge is 0.101 e. The summed E-state index contributed by atoms with van der Waals surface area (Å²) in [7, 11) is 2.09. The van der Waals surface area contributed by atoms with Gasteiger partial charge in [-0.25, -0.2) is 4.99 Å². The molecule has 0 unspecified atom stereocenters. The molecule has 128 valence electrons. The number of rotatable bonds is 6. The third-order valence-electron chi connectivity index (χ3n) is 4.43. The van der Waals surface area contributed by atoms with Crippen LogP contribution in [0.15, 0.2) is 23.7 Å². The lowest BCUT2D eigenvalue weighted by Crippen LogP contribution is -2.24. The average Bonchev–Trinajstić information content (AvgIpc) is 2.84. The van der Waals surface area contributed by atoms with Crippen molar-refractivity contribution in [3.63, 3.8) is 0 Å². The second kappa shape index (κ2) is 9.24. The molecule has 3 nitrogen and oxygen atoms in total. The molecule has 0 amide bonds. The van der Waals surface area contributed by atoms with Gasteiger partial charge in [-0.05, 0) is 51.4 Å². The zero-order valence-electron chi connectivity index (χ0n) is 15.0. The van der Waals surface area contributed by atoms with Crippen molar-refractivity contribution in [1.82, 2.24) is 9.80 Å². The Labute approximate surface area is 145 Å². The molecule has 0 saturated carbocycles. The fraction of sp³-hybridized carbons (Fsp3) is 0.632. The second-order valence-corrected chi connectivity index (χ2v) is 7.65. The van der Waals surface area contributed by atoms with Crippen LogP contribution in [0.3, 0.4) is 0 Å². The number of aliphatic imine (C=N–C) groups is 1. The first-order valence-electron chi connectivity index (χ1n) is 8.87. The molecule has 1 fully saturated rings. The first-order chi connectivity index (χ1) is 11.1. The predicted octanol–water partition coefficient (Wildman–Crippen LogP) is 4.86. The van der Waals surface area contributed by atoms with E-state index in [0.717, 1.165) is 31.0 Å². The highest BCUT2D eigenvalue weighted by molar-refractivity contribution is 7.13. The zero-order valence-corrected chi connectivity index (χ0v) is 15.8. The summed E-state index contributed by atoms with van der Waals surface area (Å²) in [6, 6.07) is 4.42. The Morgan fingerprint density at radius 2 is 1.96 bits per heavy atom. The minimum absolute atomic E-state index is 0.887. The standard InChI is InChI=1S/C19H31N3S/c1-5-12-21(4)17(3)20-16(2)19-11-10-18(23-19)15-22-13-8-6-7-9-14-22/h10-11H,2,5-9,12-15H2,1,3-4H3. The molecule has 2 heterocycles. The molecule has 0 bridgehead atoms. The monoisotopic (exact) mass is 333 g/mol. The molecule has 23 heavy (non-hydrogen) atoms. The Balaban J connectivity index is 1.95. The molecule has 0 atom stereocenters. The molecular weight excluding hydrogens is 302 g/mol. The molecule has 4 heteroatoms. The SMILES string of the molecule is C=C(N=C(C)N(C)CCC)c1ccc(CN2CCCCCC2)s1. The van der Waals surface area contributed by atoms with E-state index in [1.54, 1.807) is 0 Å². The quantitative estimate of drug-likeness (QED) is 0.547. The van der Waals surface area contributed by atoms with Crippen LogP contribution in [-0.2, 0) is 6.54 Å². The van der Waals surface area contributed by atoms with Gasteiger partial charge in [-0.15, -0.1) is 11.3 Å². The van der Waals surface area contributed by atoms with E-state index < -0.39 is 0 Å². The van der Waals surface area contributed by atoms with E-state index in [4.69, 9.17) is 0 Å². The van der Waals surface area contributed by atoms with Gasteiger partial charge in [0.2, 0.25) is 0 Å². The Bertz CT molecular complexity index is 524. The van der Waals surface area contributed by atoms with Gasteiger partial charge in [-0.1, -0.05) is 26.3 Å². The van der Waals surface area contributed by atoms with Crippen LogP contribution in [0.1, 0.15) is 55.7 Å². The lowest BCUT2D eigenvalue weighted by atomic mass is 10.2. The summed E-state index contributed by atoms with van der Waals surface area (Å²) in [5.41, 5.74) is 0.887. The number of hydrogen-bond acceptors (Lipinski definition) is 3. The van der Waals surface area contributed by atoms with E-state index in [1.807, 2.05) is 11.3 Å². The number of amidine groups is 1. The topological polar surface area (TPSA) is 18.8 Å². The number of hydrogen-bond donors (Lipinski definition) is 0.